The zero-order valence-electron chi connectivity index (χ0n) is 8.09. The summed E-state index contributed by atoms with van der Waals surface area (Å²) in [6.45, 7) is 1.71. The Labute approximate surface area is 95.0 Å². The number of ether oxygens (including phenoxy) is 1. The average Bonchev–Trinajstić information content (AvgIpc) is 2.18. The Bertz CT molecular complexity index is 293. The summed E-state index contributed by atoms with van der Waals surface area (Å²) in [7, 11) is 1.61. The van der Waals surface area contributed by atoms with Crippen LogP contribution in [0.4, 0.5) is 0 Å². The highest BCUT2D eigenvalue weighted by molar-refractivity contribution is 7.80. The maximum absolute atomic E-state index is 5.97. The van der Waals surface area contributed by atoms with Crippen molar-refractivity contribution >= 4 is 24.2 Å². The minimum absolute atomic E-state index is 0.651. The lowest BCUT2D eigenvalue weighted by Crippen LogP contribution is -2.15. The smallest absolute Gasteiger partial charge is 0.137 e. The summed E-state index contributed by atoms with van der Waals surface area (Å²) in [6, 6.07) is 5.78. The third-order valence-electron chi connectivity index (χ3n) is 1.83. The van der Waals surface area contributed by atoms with Gasteiger partial charge in [-0.2, -0.15) is 12.6 Å². The summed E-state index contributed by atoms with van der Waals surface area (Å²) < 4.78 is 5.06. The summed E-state index contributed by atoms with van der Waals surface area (Å²) in [5.74, 6) is 1.55. The van der Waals surface area contributed by atoms with E-state index in [0.29, 0.717) is 10.8 Å². The number of hydrogen-bond donors (Lipinski definition) is 2. The van der Waals surface area contributed by atoms with Crippen LogP contribution >= 0.6 is 24.2 Å². The molecular formula is C10H14ClNOS. The quantitative estimate of drug-likeness (QED) is 0.600. The zero-order valence-corrected chi connectivity index (χ0v) is 9.74. The molecule has 4 heteroatoms. The van der Waals surface area contributed by atoms with Crippen molar-refractivity contribution in [3.05, 3.63) is 28.8 Å². The van der Waals surface area contributed by atoms with Gasteiger partial charge in [0.1, 0.15) is 5.75 Å². The summed E-state index contributed by atoms with van der Waals surface area (Å²) in [5.41, 5.74) is 1.15. The molecule has 0 radical (unpaired) electrons. The Balaban J connectivity index is 2.57. The van der Waals surface area contributed by atoms with Crippen molar-refractivity contribution in [3.63, 3.8) is 0 Å². The van der Waals surface area contributed by atoms with Crippen molar-refractivity contribution in [2.24, 2.45) is 0 Å². The van der Waals surface area contributed by atoms with E-state index in [1.165, 1.54) is 0 Å². The molecule has 0 atom stereocenters. The molecule has 0 aliphatic heterocycles. The Morgan fingerprint density at radius 3 is 2.86 bits per heavy atom. The summed E-state index contributed by atoms with van der Waals surface area (Å²) >= 11 is 10.1. The Morgan fingerprint density at radius 1 is 1.50 bits per heavy atom. The molecule has 0 amide bonds. The highest BCUT2D eigenvalue weighted by atomic mass is 35.5. The van der Waals surface area contributed by atoms with Gasteiger partial charge in [0.25, 0.3) is 0 Å². The van der Waals surface area contributed by atoms with Crippen LogP contribution < -0.4 is 10.1 Å². The first-order chi connectivity index (χ1) is 6.77. The molecule has 0 saturated carbocycles. The molecule has 0 aliphatic rings. The molecule has 1 N–H and O–H groups in total. The van der Waals surface area contributed by atoms with Crippen molar-refractivity contribution in [3.8, 4) is 5.75 Å². The number of halogens is 1. The van der Waals surface area contributed by atoms with E-state index in [-0.39, 0.29) is 0 Å². The third kappa shape index (κ3) is 3.40. The van der Waals surface area contributed by atoms with Gasteiger partial charge in [-0.05, 0) is 17.7 Å². The van der Waals surface area contributed by atoms with Gasteiger partial charge >= 0.3 is 0 Å². The number of nitrogens with one attached hydrogen (secondary N) is 1. The molecule has 1 aromatic carbocycles. The van der Waals surface area contributed by atoms with Crippen LogP contribution in [0.2, 0.25) is 5.02 Å². The molecule has 78 valence electrons. The highest BCUT2D eigenvalue weighted by Crippen LogP contribution is 2.24. The van der Waals surface area contributed by atoms with Crippen LogP contribution in [0.3, 0.4) is 0 Å². The predicted molar refractivity (Wildman–Crippen MR) is 63.6 cm³/mol. The molecule has 0 aliphatic carbocycles. The van der Waals surface area contributed by atoms with E-state index in [1.807, 2.05) is 18.2 Å². The van der Waals surface area contributed by atoms with Gasteiger partial charge in [0.05, 0.1) is 12.1 Å². The minimum atomic E-state index is 0.651. The molecule has 0 saturated heterocycles. The van der Waals surface area contributed by atoms with Gasteiger partial charge in [-0.3, -0.25) is 0 Å². The normalized spacial score (nSPS) is 10.2. The van der Waals surface area contributed by atoms with Gasteiger partial charge in [0, 0.05) is 18.8 Å². The molecule has 0 aromatic heterocycles. The first kappa shape index (κ1) is 11.7. The van der Waals surface area contributed by atoms with E-state index in [1.54, 1.807) is 7.11 Å². The van der Waals surface area contributed by atoms with E-state index in [4.69, 9.17) is 16.3 Å². The fourth-order valence-electron chi connectivity index (χ4n) is 1.13. The lowest BCUT2D eigenvalue weighted by molar-refractivity contribution is 0.415. The molecule has 0 bridgehead atoms. The molecule has 0 unspecified atom stereocenters. The second kappa shape index (κ2) is 6.17. The van der Waals surface area contributed by atoms with E-state index in [0.717, 1.165) is 24.4 Å². The second-order valence-corrected chi connectivity index (χ2v) is 3.72. The number of rotatable bonds is 5. The molecule has 14 heavy (non-hydrogen) atoms. The van der Waals surface area contributed by atoms with Gasteiger partial charge in [-0.15, -0.1) is 0 Å². The Hall–Kier alpha value is -0.380. The number of thiol groups is 1. The molecule has 1 rings (SSSR count). The molecule has 0 spiro atoms. The average molecular weight is 232 g/mol. The van der Waals surface area contributed by atoms with Gasteiger partial charge in [-0.1, -0.05) is 17.7 Å². The van der Waals surface area contributed by atoms with E-state index >= 15 is 0 Å². The van der Waals surface area contributed by atoms with Gasteiger partial charge in [0.15, 0.2) is 0 Å². The summed E-state index contributed by atoms with van der Waals surface area (Å²) in [4.78, 5) is 0. The maximum atomic E-state index is 5.97. The fourth-order valence-corrected chi connectivity index (χ4v) is 1.57. The topological polar surface area (TPSA) is 21.3 Å². The largest absolute Gasteiger partial charge is 0.495 e. The Morgan fingerprint density at radius 2 is 2.29 bits per heavy atom. The molecule has 1 aromatic rings. The van der Waals surface area contributed by atoms with Crippen LogP contribution in [-0.2, 0) is 6.54 Å². The van der Waals surface area contributed by atoms with Crippen molar-refractivity contribution in [1.82, 2.24) is 5.32 Å². The van der Waals surface area contributed by atoms with Crippen molar-refractivity contribution < 1.29 is 4.74 Å². The fraction of sp³-hybridized carbons (Fsp3) is 0.400. The third-order valence-corrected chi connectivity index (χ3v) is 2.35. The number of hydrogen-bond acceptors (Lipinski definition) is 3. The first-order valence-electron chi connectivity index (χ1n) is 4.42. The lowest BCUT2D eigenvalue weighted by atomic mass is 10.2. The lowest BCUT2D eigenvalue weighted by Gasteiger charge is -2.06. The van der Waals surface area contributed by atoms with E-state index in [9.17, 15) is 0 Å². The SMILES string of the molecule is COc1ccc(CNCCS)cc1Cl. The molecule has 2 nitrogen and oxygen atoms in total. The maximum Gasteiger partial charge on any atom is 0.137 e. The Kier molecular flexibility index (Phi) is 5.15. The van der Waals surface area contributed by atoms with Crippen LogP contribution in [0.15, 0.2) is 18.2 Å². The van der Waals surface area contributed by atoms with E-state index in [2.05, 4.69) is 17.9 Å². The van der Waals surface area contributed by atoms with Crippen molar-refractivity contribution in [2.45, 2.75) is 6.54 Å². The standard InChI is InChI=1S/C10H14ClNOS/c1-13-10-3-2-8(6-9(10)11)7-12-4-5-14/h2-3,6,12,14H,4-5,7H2,1H3. The van der Waals surface area contributed by atoms with E-state index < -0.39 is 0 Å². The molecular weight excluding hydrogens is 218 g/mol. The highest BCUT2D eigenvalue weighted by Gasteiger charge is 2.00. The first-order valence-corrected chi connectivity index (χ1v) is 5.43. The van der Waals surface area contributed by atoms with Crippen LogP contribution in [0.25, 0.3) is 0 Å². The molecule has 0 fully saturated rings. The van der Waals surface area contributed by atoms with Crippen LogP contribution in [0.1, 0.15) is 5.56 Å². The zero-order chi connectivity index (χ0) is 10.4. The number of benzene rings is 1. The summed E-state index contributed by atoms with van der Waals surface area (Å²) in [6.07, 6.45) is 0. The van der Waals surface area contributed by atoms with Gasteiger partial charge in [0.2, 0.25) is 0 Å². The minimum Gasteiger partial charge on any atom is -0.495 e. The van der Waals surface area contributed by atoms with Crippen LogP contribution in [-0.4, -0.2) is 19.4 Å². The van der Waals surface area contributed by atoms with Crippen molar-refractivity contribution in [1.29, 1.82) is 0 Å². The summed E-state index contributed by atoms with van der Waals surface area (Å²) in [5, 5.41) is 3.89. The van der Waals surface area contributed by atoms with Crippen molar-refractivity contribution in [2.75, 3.05) is 19.4 Å². The second-order valence-electron chi connectivity index (χ2n) is 2.87. The van der Waals surface area contributed by atoms with Gasteiger partial charge in [-0.25, -0.2) is 0 Å². The van der Waals surface area contributed by atoms with Crippen LogP contribution in [0.5, 0.6) is 5.75 Å². The predicted octanol–water partition coefficient (Wildman–Crippen LogP) is 2.37. The number of methoxy groups -OCH3 is 1. The monoisotopic (exact) mass is 231 g/mol. The van der Waals surface area contributed by atoms with Gasteiger partial charge < -0.3 is 10.1 Å². The van der Waals surface area contributed by atoms with Crippen LogP contribution in [0, 0.1) is 0 Å². The molecule has 0 heterocycles.